The fourth-order valence-electron chi connectivity index (χ4n) is 2.53. The lowest BCUT2D eigenvalue weighted by Gasteiger charge is -2.36. The maximum absolute atomic E-state index is 6.24. The largest absolute Gasteiger partial charge is 0.373 e. The second kappa shape index (κ2) is 5.89. The second-order valence-corrected chi connectivity index (χ2v) is 5.74. The summed E-state index contributed by atoms with van der Waals surface area (Å²) in [7, 11) is 1.88. The Morgan fingerprint density at radius 3 is 2.89 bits per heavy atom. The molecule has 1 aliphatic heterocycles. The summed E-state index contributed by atoms with van der Waals surface area (Å²) in [5.41, 5.74) is 0.976. The minimum Gasteiger partial charge on any atom is -0.373 e. The van der Waals surface area contributed by atoms with Gasteiger partial charge in [-0.15, -0.1) is 0 Å². The molecule has 1 aliphatic rings. The molecule has 0 aliphatic carbocycles. The molecule has 2 atom stereocenters. The van der Waals surface area contributed by atoms with Crippen LogP contribution in [0.4, 0.5) is 5.82 Å². The van der Waals surface area contributed by atoms with Crippen molar-refractivity contribution in [1.29, 1.82) is 0 Å². The summed E-state index contributed by atoms with van der Waals surface area (Å²) < 4.78 is 0. The molecule has 0 saturated carbocycles. The van der Waals surface area contributed by atoms with Crippen molar-refractivity contribution in [2.75, 3.05) is 18.9 Å². The fourth-order valence-corrected chi connectivity index (χ4v) is 2.69. The van der Waals surface area contributed by atoms with Crippen molar-refractivity contribution in [2.24, 2.45) is 5.92 Å². The van der Waals surface area contributed by atoms with Gasteiger partial charge >= 0.3 is 0 Å². The van der Waals surface area contributed by atoms with E-state index in [9.17, 15) is 0 Å². The SMILES string of the molecule is CNc1ccc(Cl)c(CN2CC(C)CCC2C)n1. The van der Waals surface area contributed by atoms with Crippen molar-refractivity contribution in [3.05, 3.63) is 22.8 Å². The van der Waals surface area contributed by atoms with Gasteiger partial charge in [0.15, 0.2) is 0 Å². The third kappa shape index (κ3) is 3.15. The van der Waals surface area contributed by atoms with E-state index in [1.54, 1.807) is 0 Å². The number of nitrogens with one attached hydrogen (secondary N) is 1. The van der Waals surface area contributed by atoms with Crippen LogP contribution in [-0.4, -0.2) is 29.5 Å². The molecule has 100 valence electrons. The third-order valence-corrected chi connectivity index (χ3v) is 4.12. The van der Waals surface area contributed by atoms with Gasteiger partial charge in [0.05, 0.1) is 10.7 Å². The van der Waals surface area contributed by atoms with Crippen molar-refractivity contribution in [3.63, 3.8) is 0 Å². The zero-order valence-electron chi connectivity index (χ0n) is 11.4. The topological polar surface area (TPSA) is 28.2 Å². The summed E-state index contributed by atoms with van der Waals surface area (Å²) in [4.78, 5) is 7.05. The molecular weight excluding hydrogens is 246 g/mol. The number of halogens is 1. The molecular formula is C14H22ClN3. The molecule has 1 saturated heterocycles. The maximum atomic E-state index is 6.24. The smallest absolute Gasteiger partial charge is 0.126 e. The Bertz CT molecular complexity index is 408. The number of hydrogen-bond acceptors (Lipinski definition) is 3. The molecule has 0 radical (unpaired) electrons. The third-order valence-electron chi connectivity index (χ3n) is 3.77. The van der Waals surface area contributed by atoms with Crippen LogP contribution in [0, 0.1) is 5.92 Å². The highest BCUT2D eigenvalue weighted by Gasteiger charge is 2.23. The van der Waals surface area contributed by atoms with E-state index in [0.29, 0.717) is 6.04 Å². The van der Waals surface area contributed by atoms with E-state index in [2.05, 4.69) is 29.0 Å². The Morgan fingerprint density at radius 2 is 2.17 bits per heavy atom. The van der Waals surface area contributed by atoms with Crippen LogP contribution in [0.2, 0.25) is 5.02 Å². The number of hydrogen-bond donors (Lipinski definition) is 1. The van der Waals surface area contributed by atoms with Crippen LogP contribution in [0.15, 0.2) is 12.1 Å². The van der Waals surface area contributed by atoms with Crippen molar-refractivity contribution in [1.82, 2.24) is 9.88 Å². The van der Waals surface area contributed by atoms with Gasteiger partial charge in [-0.2, -0.15) is 0 Å². The molecule has 18 heavy (non-hydrogen) atoms. The minimum atomic E-state index is 0.623. The molecule has 2 rings (SSSR count). The van der Waals surface area contributed by atoms with Crippen LogP contribution in [0.5, 0.6) is 0 Å². The lowest BCUT2D eigenvalue weighted by molar-refractivity contribution is 0.116. The lowest BCUT2D eigenvalue weighted by Crippen LogP contribution is -2.40. The van der Waals surface area contributed by atoms with Gasteiger partial charge in [-0.05, 0) is 37.8 Å². The molecule has 4 heteroatoms. The quantitative estimate of drug-likeness (QED) is 0.910. The molecule has 0 spiro atoms. The van der Waals surface area contributed by atoms with E-state index in [0.717, 1.165) is 35.5 Å². The molecule has 1 aromatic heterocycles. The van der Waals surface area contributed by atoms with E-state index in [1.165, 1.54) is 12.8 Å². The van der Waals surface area contributed by atoms with E-state index in [4.69, 9.17) is 11.6 Å². The Balaban J connectivity index is 2.12. The van der Waals surface area contributed by atoms with E-state index < -0.39 is 0 Å². The van der Waals surface area contributed by atoms with Gasteiger partial charge in [0.1, 0.15) is 5.82 Å². The Morgan fingerprint density at radius 1 is 1.39 bits per heavy atom. The predicted molar refractivity (Wildman–Crippen MR) is 77.1 cm³/mol. The predicted octanol–water partition coefficient (Wildman–Crippen LogP) is 3.40. The number of aromatic nitrogens is 1. The average Bonchev–Trinajstić information content (AvgIpc) is 2.36. The lowest BCUT2D eigenvalue weighted by atomic mass is 9.95. The van der Waals surface area contributed by atoms with Crippen LogP contribution < -0.4 is 5.32 Å². The number of likely N-dealkylation sites (tertiary alicyclic amines) is 1. The highest BCUT2D eigenvalue weighted by molar-refractivity contribution is 6.31. The zero-order valence-corrected chi connectivity index (χ0v) is 12.2. The number of pyridine rings is 1. The first-order chi connectivity index (χ1) is 8.60. The van der Waals surface area contributed by atoms with Gasteiger partial charge in [-0.1, -0.05) is 18.5 Å². The Kier molecular flexibility index (Phi) is 4.46. The molecule has 0 aromatic carbocycles. The highest BCUT2D eigenvalue weighted by atomic mass is 35.5. The van der Waals surface area contributed by atoms with E-state index in [-0.39, 0.29) is 0 Å². The van der Waals surface area contributed by atoms with E-state index in [1.807, 2.05) is 19.2 Å². The van der Waals surface area contributed by atoms with Crippen molar-refractivity contribution in [2.45, 2.75) is 39.3 Å². The highest BCUT2D eigenvalue weighted by Crippen LogP contribution is 2.25. The van der Waals surface area contributed by atoms with Crippen LogP contribution >= 0.6 is 11.6 Å². The summed E-state index contributed by atoms with van der Waals surface area (Å²) in [5, 5.41) is 3.83. The first-order valence-corrected chi connectivity index (χ1v) is 7.05. The molecule has 0 amide bonds. The van der Waals surface area contributed by atoms with Gasteiger partial charge < -0.3 is 5.32 Å². The Labute approximate surface area is 115 Å². The standard InChI is InChI=1S/C14H22ClN3/c1-10-4-5-11(2)18(8-10)9-13-12(15)6-7-14(16-3)17-13/h6-7,10-11H,4-5,8-9H2,1-3H3,(H,16,17). The number of piperidine rings is 1. The molecule has 0 bridgehead atoms. The zero-order chi connectivity index (χ0) is 13.1. The van der Waals surface area contributed by atoms with Crippen LogP contribution in [0.25, 0.3) is 0 Å². The molecule has 2 unspecified atom stereocenters. The van der Waals surface area contributed by atoms with Crippen molar-refractivity contribution in [3.8, 4) is 0 Å². The molecule has 1 fully saturated rings. The fraction of sp³-hybridized carbons (Fsp3) is 0.643. The summed E-state index contributed by atoms with van der Waals surface area (Å²) in [6, 6.07) is 4.46. The van der Waals surface area contributed by atoms with Crippen molar-refractivity contribution < 1.29 is 0 Å². The monoisotopic (exact) mass is 267 g/mol. The Hall–Kier alpha value is -0.800. The van der Waals surface area contributed by atoms with Crippen LogP contribution in [0.3, 0.4) is 0 Å². The summed E-state index contributed by atoms with van der Waals surface area (Å²) in [5.74, 6) is 1.65. The van der Waals surface area contributed by atoms with Gasteiger partial charge in [-0.3, -0.25) is 4.90 Å². The first-order valence-electron chi connectivity index (χ1n) is 6.67. The van der Waals surface area contributed by atoms with E-state index >= 15 is 0 Å². The number of anilines is 1. The maximum Gasteiger partial charge on any atom is 0.126 e. The summed E-state index contributed by atoms with van der Waals surface area (Å²) >= 11 is 6.24. The molecule has 1 aromatic rings. The molecule has 2 heterocycles. The van der Waals surface area contributed by atoms with Gasteiger partial charge in [0, 0.05) is 26.2 Å². The normalized spacial score (nSPS) is 25.1. The first kappa shape index (κ1) is 13.6. The summed E-state index contributed by atoms with van der Waals surface area (Å²) in [6.45, 7) is 6.60. The van der Waals surface area contributed by atoms with Gasteiger partial charge in [0.25, 0.3) is 0 Å². The molecule has 3 nitrogen and oxygen atoms in total. The van der Waals surface area contributed by atoms with Crippen LogP contribution in [-0.2, 0) is 6.54 Å². The molecule has 1 N–H and O–H groups in total. The van der Waals surface area contributed by atoms with Gasteiger partial charge in [-0.25, -0.2) is 4.98 Å². The van der Waals surface area contributed by atoms with Crippen LogP contribution in [0.1, 0.15) is 32.4 Å². The second-order valence-electron chi connectivity index (χ2n) is 5.34. The number of nitrogens with zero attached hydrogens (tertiary/aromatic N) is 2. The number of rotatable bonds is 3. The minimum absolute atomic E-state index is 0.623. The average molecular weight is 268 g/mol. The van der Waals surface area contributed by atoms with Crippen molar-refractivity contribution >= 4 is 17.4 Å². The van der Waals surface area contributed by atoms with Gasteiger partial charge in [0.2, 0.25) is 0 Å². The summed E-state index contributed by atoms with van der Waals surface area (Å²) in [6.07, 6.45) is 2.60.